The van der Waals surface area contributed by atoms with Gasteiger partial charge in [0.15, 0.2) is 5.58 Å². The first-order valence-electron chi connectivity index (χ1n) is 8.00. The first-order valence-corrected chi connectivity index (χ1v) is 8.00. The first-order chi connectivity index (χ1) is 13.1. The number of carbonyl (C=O) groups excluding carboxylic acids is 1. The zero-order valence-electron chi connectivity index (χ0n) is 13.8. The third-order valence-corrected chi connectivity index (χ3v) is 3.86. The van der Waals surface area contributed by atoms with Gasteiger partial charge < -0.3 is 14.1 Å². The van der Waals surface area contributed by atoms with Crippen LogP contribution in [-0.4, -0.2) is 15.9 Å². The molecular weight excluding hydrogens is 348 g/mol. The zero-order valence-corrected chi connectivity index (χ0v) is 13.8. The maximum absolute atomic E-state index is 12.2. The fraction of sp³-hybridized carbons (Fsp3) is 0. The van der Waals surface area contributed by atoms with E-state index in [0.717, 1.165) is 0 Å². The van der Waals surface area contributed by atoms with E-state index in [4.69, 9.17) is 9.15 Å². The molecule has 7 nitrogen and oxygen atoms in total. The van der Waals surface area contributed by atoms with E-state index in [2.05, 4.69) is 9.97 Å². The summed E-state index contributed by atoms with van der Waals surface area (Å²) in [6, 6.07) is 13.8. The van der Waals surface area contributed by atoms with Crippen LogP contribution in [0.5, 0.6) is 5.75 Å². The fourth-order valence-electron chi connectivity index (χ4n) is 2.55. The number of nitrogens with one attached hydrogen (secondary N) is 1. The van der Waals surface area contributed by atoms with Gasteiger partial charge in [-0.15, -0.1) is 0 Å². The number of esters is 1. The summed E-state index contributed by atoms with van der Waals surface area (Å²) >= 11 is 0. The molecule has 0 radical (unpaired) electrons. The van der Waals surface area contributed by atoms with Gasteiger partial charge in [0.2, 0.25) is 11.0 Å². The summed E-state index contributed by atoms with van der Waals surface area (Å²) in [5.41, 5.74) is 0.647. The Labute approximate surface area is 151 Å². The lowest BCUT2D eigenvalue weighted by atomic mass is 10.1. The minimum atomic E-state index is -0.517. The molecule has 1 N–H and O–H groups in total. The van der Waals surface area contributed by atoms with Crippen molar-refractivity contribution in [1.29, 1.82) is 0 Å². The average Bonchev–Trinajstić information content (AvgIpc) is 2.69. The van der Waals surface area contributed by atoms with Gasteiger partial charge in [0.05, 0.1) is 5.56 Å². The number of nitrogens with zero attached hydrogens (tertiary/aromatic N) is 1. The second-order valence-electron chi connectivity index (χ2n) is 5.69. The van der Waals surface area contributed by atoms with E-state index in [0.29, 0.717) is 22.6 Å². The summed E-state index contributed by atoms with van der Waals surface area (Å²) in [4.78, 5) is 41.9. The molecule has 4 rings (SSSR count). The molecule has 3 aromatic heterocycles. The number of fused-ring (bicyclic) bond motifs is 1. The number of hydrogen-bond acceptors (Lipinski definition) is 6. The molecule has 7 heteroatoms. The highest BCUT2D eigenvalue weighted by molar-refractivity contribution is 5.90. The van der Waals surface area contributed by atoms with E-state index in [1.165, 1.54) is 24.4 Å². The van der Waals surface area contributed by atoms with Crippen molar-refractivity contribution in [3.63, 3.8) is 0 Å². The highest BCUT2D eigenvalue weighted by Crippen LogP contribution is 2.24. The molecule has 0 aliphatic heterocycles. The number of rotatable bonds is 3. The zero-order chi connectivity index (χ0) is 18.8. The summed E-state index contributed by atoms with van der Waals surface area (Å²) in [6.45, 7) is 0. The van der Waals surface area contributed by atoms with Crippen molar-refractivity contribution in [3.8, 4) is 17.1 Å². The Morgan fingerprint density at radius 3 is 2.59 bits per heavy atom. The molecule has 0 aliphatic rings. The van der Waals surface area contributed by atoms with Gasteiger partial charge in [-0.2, -0.15) is 0 Å². The van der Waals surface area contributed by atoms with Crippen molar-refractivity contribution >= 4 is 17.1 Å². The van der Waals surface area contributed by atoms with Crippen LogP contribution >= 0.6 is 0 Å². The molecule has 4 aromatic rings. The molecule has 0 bridgehead atoms. The van der Waals surface area contributed by atoms with E-state index in [9.17, 15) is 14.4 Å². The second-order valence-corrected chi connectivity index (χ2v) is 5.69. The summed E-state index contributed by atoms with van der Waals surface area (Å²) in [5.74, 6) is 0.168. The number of ether oxygens (including phenoxy) is 1. The Balaban J connectivity index is 1.62. The van der Waals surface area contributed by atoms with Crippen LogP contribution < -0.4 is 15.7 Å². The van der Waals surface area contributed by atoms with Crippen molar-refractivity contribution in [2.45, 2.75) is 0 Å². The number of pyridine rings is 2. The van der Waals surface area contributed by atoms with Crippen molar-refractivity contribution in [2.75, 3.05) is 0 Å². The standard InChI is InChI=1S/C20H12N2O5/c23-15-10-17(27-16-7-8-18(24)22-19(15)16)12-3-5-14(6-4-12)26-20(25)13-2-1-9-21-11-13/h1-11H,(H,22,24). The van der Waals surface area contributed by atoms with Crippen LogP contribution in [0, 0.1) is 0 Å². The van der Waals surface area contributed by atoms with Crippen molar-refractivity contribution in [2.24, 2.45) is 0 Å². The molecule has 0 fully saturated rings. The first kappa shape index (κ1) is 16.5. The average molecular weight is 360 g/mol. The third-order valence-electron chi connectivity index (χ3n) is 3.86. The normalized spacial score (nSPS) is 10.7. The molecule has 0 unspecified atom stereocenters. The summed E-state index contributed by atoms with van der Waals surface area (Å²) in [6.07, 6.45) is 2.99. The van der Waals surface area contributed by atoms with Gasteiger partial charge in [0.1, 0.15) is 17.0 Å². The molecule has 0 saturated carbocycles. The number of benzene rings is 1. The number of H-pyrrole nitrogens is 1. The van der Waals surface area contributed by atoms with Gasteiger partial charge in [-0.05, 0) is 42.5 Å². The van der Waals surface area contributed by atoms with E-state index < -0.39 is 5.97 Å². The van der Waals surface area contributed by atoms with E-state index >= 15 is 0 Å². The lowest BCUT2D eigenvalue weighted by Gasteiger charge is -2.06. The largest absolute Gasteiger partial charge is 0.454 e. The quantitative estimate of drug-likeness (QED) is 0.445. The van der Waals surface area contributed by atoms with Crippen LogP contribution in [0.3, 0.4) is 0 Å². The van der Waals surface area contributed by atoms with Crippen LogP contribution in [0.15, 0.2) is 81.0 Å². The van der Waals surface area contributed by atoms with Crippen molar-refractivity contribution in [3.05, 3.63) is 93.1 Å². The Morgan fingerprint density at radius 1 is 1.04 bits per heavy atom. The van der Waals surface area contributed by atoms with Crippen molar-refractivity contribution < 1.29 is 13.9 Å². The number of hydrogen-bond donors (Lipinski definition) is 1. The minimum Gasteiger partial charge on any atom is -0.454 e. The van der Waals surface area contributed by atoms with Gasteiger partial charge in [-0.3, -0.25) is 14.6 Å². The van der Waals surface area contributed by atoms with E-state index in [1.807, 2.05) is 0 Å². The van der Waals surface area contributed by atoms with Crippen LogP contribution in [0.2, 0.25) is 0 Å². The summed E-state index contributed by atoms with van der Waals surface area (Å²) in [7, 11) is 0. The Morgan fingerprint density at radius 2 is 1.85 bits per heavy atom. The molecule has 0 amide bonds. The smallest absolute Gasteiger partial charge is 0.345 e. The van der Waals surface area contributed by atoms with Gasteiger partial charge >= 0.3 is 5.97 Å². The second kappa shape index (κ2) is 6.72. The summed E-state index contributed by atoms with van der Waals surface area (Å²) < 4.78 is 11.0. The number of aromatic amines is 1. The minimum absolute atomic E-state index is 0.119. The van der Waals surface area contributed by atoms with Gasteiger partial charge in [0, 0.05) is 30.1 Å². The molecule has 27 heavy (non-hydrogen) atoms. The van der Waals surface area contributed by atoms with Crippen LogP contribution in [0.4, 0.5) is 0 Å². The molecule has 3 heterocycles. The number of carbonyl (C=O) groups is 1. The maximum Gasteiger partial charge on any atom is 0.345 e. The lowest BCUT2D eigenvalue weighted by molar-refractivity contribution is 0.0734. The molecule has 0 saturated heterocycles. The van der Waals surface area contributed by atoms with Gasteiger partial charge in [-0.25, -0.2) is 4.79 Å². The van der Waals surface area contributed by atoms with Crippen LogP contribution in [-0.2, 0) is 0 Å². The topological polar surface area (TPSA) is 102 Å². The maximum atomic E-state index is 12.2. The van der Waals surface area contributed by atoms with E-state index in [1.54, 1.807) is 42.6 Å². The van der Waals surface area contributed by atoms with Crippen LogP contribution in [0.1, 0.15) is 10.4 Å². The Kier molecular flexibility index (Phi) is 4.10. The molecule has 0 aliphatic carbocycles. The van der Waals surface area contributed by atoms with Gasteiger partial charge in [0.25, 0.3) is 0 Å². The molecule has 0 spiro atoms. The van der Waals surface area contributed by atoms with Crippen molar-refractivity contribution in [1.82, 2.24) is 9.97 Å². The predicted molar refractivity (Wildman–Crippen MR) is 97.7 cm³/mol. The molecular formula is C20H12N2O5. The lowest BCUT2D eigenvalue weighted by Crippen LogP contribution is -2.10. The highest BCUT2D eigenvalue weighted by atomic mass is 16.5. The highest BCUT2D eigenvalue weighted by Gasteiger charge is 2.10. The SMILES string of the molecule is O=C(Oc1ccc(-c2cc(=O)c3[nH]c(=O)ccc3o2)cc1)c1cccnc1. The van der Waals surface area contributed by atoms with Crippen LogP contribution in [0.25, 0.3) is 22.4 Å². The number of aromatic nitrogens is 2. The summed E-state index contributed by atoms with van der Waals surface area (Å²) in [5, 5.41) is 0. The van der Waals surface area contributed by atoms with Gasteiger partial charge in [-0.1, -0.05) is 0 Å². The fourth-order valence-corrected chi connectivity index (χ4v) is 2.55. The molecule has 132 valence electrons. The third kappa shape index (κ3) is 3.38. The Bertz CT molecular complexity index is 1240. The molecule has 0 atom stereocenters. The predicted octanol–water partition coefficient (Wildman–Crippen LogP) is 2.76. The molecule has 1 aromatic carbocycles. The van der Waals surface area contributed by atoms with E-state index in [-0.39, 0.29) is 22.1 Å². The Hall–Kier alpha value is -4.00. The monoisotopic (exact) mass is 360 g/mol.